The lowest BCUT2D eigenvalue weighted by Gasteiger charge is -2.17. The van der Waals surface area contributed by atoms with E-state index in [0.717, 1.165) is 42.0 Å². The van der Waals surface area contributed by atoms with Crippen LogP contribution >= 0.6 is 11.6 Å². The van der Waals surface area contributed by atoms with Crippen molar-refractivity contribution in [2.24, 2.45) is 5.41 Å². The van der Waals surface area contributed by atoms with Crippen LogP contribution in [0.25, 0.3) is 11.5 Å². The van der Waals surface area contributed by atoms with E-state index in [4.69, 9.17) is 16.1 Å². The summed E-state index contributed by atoms with van der Waals surface area (Å²) in [6.07, 6.45) is 3.92. The predicted octanol–water partition coefficient (Wildman–Crippen LogP) is 5.49. The van der Waals surface area contributed by atoms with Gasteiger partial charge in [-0.15, -0.1) is 10.2 Å². The highest BCUT2D eigenvalue weighted by Crippen LogP contribution is 2.41. The van der Waals surface area contributed by atoms with Gasteiger partial charge in [-0.2, -0.15) is 0 Å². The van der Waals surface area contributed by atoms with E-state index in [1.165, 1.54) is 0 Å². The van der Waals surface area contributed by atoms with Gasteiger partial charge in [-0.25, -0.2) is 0 Å². The zero-order valence-electron chi connectivity index (χ0n) is 20.3. The van der Waals surface area contributed by atoms with Crippen molar-refractivity contribution < 1.29 is 14.4 Å². The number of aliphatic hydroxyl groups is 1. The smallest absolute Gasteiger partial charge is 0.186 e. The molecule has 8 heteroatoms. The molecule has 1 fully saturated rings. The van der Waals surface area contributed by atoms with Crippen LogP contribution in [0.1, 0.15) is 81.1 Å². The van der Waals surface area contributed by atoms with Gasteiger partial charge in [0.2, 0.25) is 0 Å². The van der Waals surface area contributed by atoms with E-state index in [2.05, 4.69) is 40.7 Å². The molecule has 3 aromatic rings. The Bertz CT molecular complexity index is 1160. The van der Waals surface area contributed by atoms with Gasteiger partial charge in [0.05, 0.1) is 0 Å². The van der Waals surface area contributed by atoms with Crippen LogP contribution in [0.5, 0.6) is 0 Å². The molecule has 34 heavy (non-hydrogen) atoms. The number of aliphatic hydroxyl groups excluding tert-OH is 1. The molecular formula is C26H33ClN4O3. The van der Waals surface area contributed by atoms with Crippen molar-refractivity contribution in [1.82, 2.24) is 19.9 Å². The molecule has 0 saturated heterocycles. The number of aryl methyl sites for hydroxylation is 1. The Kier molecular flexibility index (Phi) is 7.24. The zero-order chi connectivity index (χ0) is 24.5. The average molecular weight is 485 g/mol. The van der Waals surface area contributed by atoms with Gasteiger partial charge in [0.1, 0.15) is 17.4 Å². The lowest BCUT2D eigenvalue weighted by Crippen LogP contribution is -2.16. The van der Waals surface area contributed by atoms with Crippen LogP contribution < -0.4 is 0 Å². The van der Waals surface area contributed by atoms with Gasteiger partial charge in [-0.1, -0.05) is 43.6 Å². The minimum Gasteiger partial charge on any atom is -0.396 e. The summed E-state index contributed by atoms with van der Waals surface area (Å²) in [5, 5.41) is 23.6. The summed E-state index contributed by atoms with van der Waals surface area (Å²) >= 11 is 6.06. The molecule has 0 radical (unpaired) electrons. The third-order valence-electron chi connectivity index (χ3n) is 6.14. The van der Waals surface area contributed by atoms with Crippen LogP contribution in [0.2, 0.25) is 5.02 Å². The first-order valence-corrected chi connectivity index (χ1v) is 12.3. The molecule has 1 aromatic carbocycles. The monoisotopic (exact) mass is 484 g/mol. The van der Waals surface area contributed by atoms with Gasteiger partial charge in [-0.3, -0.25) is 4.79 Å². The van der Waals surface area contributed by atoms with Crippen molar-refractivity contribution in [3.05, 3.63) is 52.0 Å². The Morgan fingerprint density at radius 1 is 1.26 bits per heavy atom. The molecule has 1 saturated carbocycles. The molecule has 182 valence electrons. The molecule has 1 N–H and O–H groups in total. The van der Waals surface area contributed by atoms with Gasteiger partial charge < -0.3 is 14.2 Å². The first-order chi connectivity index (χ1) is 16.1. The summed E-state index contributed by atoms with van der Waals surface area (Å²) in [6.45, 7) is 8.40. The van der Waals surface area contributed by atoms with E-state index in [0.29, 0.717) is 35.8 Å². The van der Waals surface area contributed by atoms with E-state index in [1.807, 2.05) is 31.2 Å². The number of aromatic nitrogens is 4. The Balaban J connectivity index is 1.57. The second-order valence-electron chi connectivity index (χ2n) is 10.6. The number of benzene rings is 1. The maximum atomic E-state index is 13.0. The molecule has 0 spiro atoms. The highest BCUT2D eigenvalue weighted by Gasteiger charge is 2.34. The van der Waals surface area contributed by atoms with Gasteiger partial charge >= 0.3 is 0 Å². The second-order valence-corrected chi connectivity index (χ2v) is 11.0. The molecule has 0 aliphatic heterocycles. The van der Waals surface area contributed by atoms with Crippen molar-refractivity contribution in [2.45, 2.75) is 78.2 Å². The minimum absolute atomic E-state index is 0.0233. The van der Waals surface area contributed by atoms with Gasteiger partial charge in [0.25, 0.3) is 0 Å². The van der Waals surface area contributed by atoms with E-state index >= 15 is 0 Å². The average Bonchev–Trinajstić information content (AvgIpc) is 3.32. The number of hydrogen-bond acceptors (Lipinski definition) is 6. The fourth-order valence-corrected chi connectivity index (χ4v) is 4.60. The number of carbonyl (C=O) groups is 1. The highest BCUT2D eigenvalue weighted by molar-refractivity contribution is 6.30. The van der Waals surface area contributed by atoms with Crippen molar-refractivity contribution in [2.75, 3.05) is 6.61 Å². The normalized spacial score (nSPS) is 15.0. The first kappa shape index (κ1) is 24.6. The SMILES string of the molecule is Cc1cc(Cl)ccc1CC(=O)C[C@H](CCO)c1nnc(-c2cc(CC(C)(C)C)on2)n1C1CC1. The quantitative estimate of drug-likeness (QED) is 0.409. The van der Waals surface area contributed by atoms with Crippen LogP contribution in [0.3, 0.4) is 0 Å². The zero-order valence-corrected chi connectivity index (χ0v) is 21.1. The Morgan fingerprint density at radius 3 is 2.68 bits per heavy atom. The van der Waals surface area contributed by atoms with E-state index in [1.54, 1.807) is 0 Å². The number of carbonyl (C=O) groups excluding carboxylic acids is 1. The molecular weight excluding hydrogens is 452 g/mol. The largest absolute Gasteiger partial charge is 0.396 e. The third kappa shape index (κ3) is 5.94. The maximum Gasteiger partial charge on any atom is 0.186 e. The second kappa shape index (κ2) is 10.0. The van der Waals surface area contributed by atoms with Crippen molar-refractivity contribution in [3.8, 4) is 11.5 Å². The fourth-order valence-electron chi connectivity index (χ4n) is 4.37. The van der Waals surface area contributed by atoms with Crippen LogP contribution in [-0.2, 0) is 17.6 Å². The standard InChI is InChI=1S/C26H33ClN4O3/c1-16-11-19(27)6-5-17(16)12-21(33)13-18(9-10-32)24-28-29-25(31(24)20-7-8-20)23-14-22(34-30-23)15-26(2,3)4/h5-6,11,14,18,20,32H,7-10,12-13,15H2,1-4H3/t18-/m0/s1. The molecule has 1 atom stereocenters. The van der Waals surface area contributed by atoms with Gasteiger partial charge in [0.15, 0.2) is 11.5 Å². The van der Waals surface area contributed by atoms with Crippen LogP contribution in [-0.4, -0.2) is 37.4 Å². The minimum atomic E-state index is -0.215. The number of ketones is 1. The summed E-state index contributed by atoms with van der Waals surface area (Å²) in [6, 6.07) is 7.81. The molecule has 1 aliphatic rings. The summed E-state index contributed by atoms with van der Waals surface area (Å²) in [7, 11) is 0. The van der Waals surface area contributed by atoms with Crippen LogP contribution in [0, 0.1) is 12.3 Å². The molecule has 0 unspecified atom stereocenters. The number of Topliss-reactive ketones (excluding diaryl/α,β-unsaturated/α-hetero) is 1. The summed E-state index contributed by atoms with van der Waals surface area (Å²) in [5.74, 6) is 2.12. The molecule has 0 bridgehead atoms. The van der Waals surface area contributed by atoms with Crippen molar-refractivity contribution >= 4 is 17.4 Å². The fraction of sp³-hybridized carbons (Fsp3) is 0.538. The Morgan fingerprint density at radius 2 is 2.03 bits per heavy atom. The van der Waals surface area contributed by atoms with E-state index < -0.39 is 0 Å². The molecule has 2 aromatic heterocycles. The van der Waals surface area contributed by atoms with Crippen molar-refractivity contribution in [1.29, 1.82) is 0 Å². The van der Waals surface area contributed by atoms with Gasteiger partial charge in [0, 0.05) is 48.9 Å². The first-order valence-electron chi connectivity index (χ1n) is 11.9. The van der Waals surface area contributed by atoms with E-state index in [9.17, 15) is 9.90 Å². The maximum absolute atomic E-state index is 13.0. The molecule has 4 rings (SSSR count). The number of rotatable bonds is 10. The molecule has 0 amide bonds. The van der Waals surface area contributed by atoms with Crippen LogP contribution in [0.4, 0.5) is 0 Å². The number of nitrogens with zero attached hydrogens (tertiary/aromatic N) is 4. The Hall–Kier alpha value is -2.51. The topological polar surface area (TPSA) is 94.0 Å². The number of halogens is 1. The number of hydrogen-bond donors (Lipinski definition) is 1. The third-order valence-corrected chi connectivity index (χ3v) is 6.37. The van der Waals surface area contributed by atoms with Gasteiger partial charge in [-0.05, 0) is 54.9 Å². The Labute approximate surface area is 205 Å². The van der Waals surface area contributed by atoms with Crippen LogP contribution in [0.15, 0.2) is 28.8 Å². The van der Waals surface area contributed by atoms with Crippen molar-refractivity contribution in [3.63, 3.8) is 0 Å². The lowest BCUT2D eigenvalue weighted by atomic mass is 9.91. The highest BCUT2D eigenvalue weighted by atomic mass is 35.5. The molecule has 2 heterocycles. The predicted molar refractivity (Wildman–Crippen MR) is 131 cm³/mol. The lowest BCUT2D eigenvalue weighted by molar-refractivity contribution is -0.118. The summed E-state index contributed by atoms with van der Waals surface area (Å²) in [5.41, 5.74) is 2.72. The molecule has 1 aliphatic carbocycles. The summed E-state index contributed by atoms with van der Waals surface area (Å²) in [4.78, 5) is 13.0. The molecule has 7 nitrogen and oxygen atoms in total. The summed E-state index contributed by atoms with van der Waals surface area (Å²) < 4.78 is 7.69. The van der Waals surface area contributed by atoms with E-state index in [-0.39, 0.29) is 29.8 Å².